The summed E-state index contributed by atoms with van der Waals surface area (Å²) in [4.78, 5) is 49.8. The molecule has 0 fully saturated rings. The molecule has 692 valence electrons. The maximum Gasteiger partial charge on any atom is 0.223 e. The summed E-state index contributed by atoms with van der Waals surface area (Å²) >= 11 is 31.7. The van der Waals surface area contributed by atoms with E-state index in [2.05, 4.69) is 367 Å². The number of aromatic nitrogens is 12. The van der Waals surface area contributed by atoms with E-state index in [-0.39, 0.29) is 31.8 Å². The average Bonchev–Trinajstić information content (AvgIpc) is 1.56. The van der Waals surface area contributed by atoms with E-state index in [0.29, 0.717) is 0 Å². The Morgan fingerprint density at radius 1 is 0.233 bits per heavy atom. The highest BCUT2D eigenvalue weighted by molar-refractivity contribution is 6.32. The van der Waals surface area contributed by atoms with Crippen molar-refractivity contribution in [3.63, 3.8) is 0 Å². The lowest BCUT2D eigenvalue weighted by molar-refractivity contribution is 0.660. The fourth-order valence-corrected chi connectivity index (χ4v) is 21.8. The number of benzene rings is 20. The molecule has 1 aliphatic carbocycles. The van der Waals surface area contributed by atoms with Gasteiger partial charge in [0.1, 0.15) is 11.2 Å². The van der Waals surface area contributed by atoms with Gasteiger partial charge in [-0.3, -0.25) is 4.98 Å². The van der Waals surface area contributed by atoms with Gasteiger partial charge in [-0.05, 0) is 249 Å². The molecule has 146 heavy (non-hydrogen) atoms. The van der Waals surface area contributed by atoms with Crippen LogP contribution in [0.3, 0.4) is 0 Å². The monoisotopic (exact) mass is 1970 g/mol. The summed E-state index contributed by atoms with van der Waals surface area (Å²) in [5.74, 6) is 0. The van der Waals surface area contributed by atoms with Gasteiger partial charge >= 0.3 is 0 Å². The van der Waals surface area contributed by atoms with Crippen LogP contribution in [0.1, 0.15) is 25.0 Å². The van der Waals surface area contributed by atoms with Crippen molar-refractivity contribution in [2.24, 2.45) is 0 Å². The van der Waals surface area contributed by atoms with Gasteiger partial charge in [-0.25, -0.2) is 49.8 Å². The molecule has 0 unspecified atom stereocenters. The quantitative estimate of drug-likeness (QED) is 0.105. The lowest BCUT2D eigenvalue weighted by Gasteiger charge is -2.22. The summed E-state index contributed by atoms with van der Waals surface area (Å²) in [7, 11) is 0. The Morgan fingerprint density at radius 3 is 1.19 bits per heavy atom. The van der Waals surface area contributed by atoms with Crippen LogP contribution < -0.4 is 0 Å². The van der Waals surface area contributed by atoms with Crippen LogP contribution in [0.5, 0.6) is 0 Å². The van der Waals surface area contributed by atoms with Crippen LogP contribution in [-0.4, -0.2) is 59.4 Å². The molecule has 28 aromatic rings. The number of para-hydroxylation sites is 4. The van der Waals surface area contributed by atoms with Crippen LogP contribution in [0.2, 0.25) is 26.4 Å². The first kappa shape index (κ1) is 89.9. The van der Waals surface area contributed by atoms with Gasteiger partial charge < -0.3 is 8.98 Å². The third-order valence-electron chi connectivity index (χ3n) is 27.6. The zero-order chi connectivity index (χ0) is 98.2. The molecule has 8 heterocycles. The van der Waals surface area contributed by atoms with Gasteiger partial charge in [0.25, 0.3) is 0 Å². The van der Waals surface area contributed by atoms with Gasteiger partial charge in [0.05, 0.1) is 67.1 Å². The van der Waals surface area contributed by atoms with Crippen molar-refractivity contribution >= 4 is 210 Å². The minimum absolute atomic E-state index is 0.0589. The minimum Gasteiger partial charge on any atom is -0.455 e. The molecule has 29 rings (SSSR count). The molecule has 0 saturated heterocycles. The fourth-order valence-electron chi connectivity index (χ4n) is 20.9. The Bertz CT molecular complexity index is 10000. The lowest BCUT2D eigenvalue weighted by atomic mass is 9.81. The lowest BCUT2D eigenvalue weighted by Crippen LogP contribution is -2.14. The highest BCUT2D eigenvalue weighted by Crippen LogP contribution is 2.51. The smallest absolute Gasteiger partial charge is 0.223 e. The van der Waals surface area contributed by atoms with Gasteiger partial charge in [-0.2, -0.15) is 0 Å². The van der Waals surface area contributed by atoms with Gasteiger partial charge in [0.15, 0.2) is 0 Å². The molecule has 0 radical (unpaired) electrons. The number of nitrogens with zero attached hydrogens (tertiary/aromatic N) is 12. The standard InChI is InChI=1S/C30H18ClN3.C30H19ClN2.C27H19ClN2.C24H13ClN2O.C17H10ClN3/c31-30-32-28(24-16-14-19-8-4-5-11-22(19)29(24)33-30)20-15-17-27-25(18-20)23-12-6-7-13-26(23)34(27)21-9-2-1-3-10-21;31-30-32-27-16-15-22-13-7-8-14-26(22)28(27)29(33-30)25-18-23(20-9-3-1-4-10-20)17-24(19-25)21-11-5-2-6-12-21;1-27(2)21-10-6-5-9-19(21)20-13-11-17(15-22(20)27)25-24-18-8-4-3-7-16(18)12-14-23(24)29-26(28)30-25;25-24-26-21-15-7-2-1-6-14(15)12-13-18(21)22(27-24)19-10-5-9-17-16-8-3-4-11-20(16)28-23(17)19;18-17-20-15(12-5-3-9-19-10-12)14-8-7-11-4-1-2-6-13(11)16(14)21-17/h1-18H;1-19H;3-15H,1-2H3;1-13H;1-10H. The first-order valence-electron chi connectivity index (χ1n) is 47.9. The molecule has 0 N–H and O–H groups in total. The van der Waals surface area contributed by atoms with Crippen molar-refractivity contribution < 1.29 is 4.42 Å². The Labute approximate surface area is 862 Å². The zero-order valence-electron chi connectivity index (χ0n) is 78.3. The molecule has 0 bridgehead atoms. The number of fused-ring (bicyclic) bond motifs is 24. The molecule has 8 aromatic heterocycles. The van der Waals surface area contributed by atoms with E-state index < -0.39 is 0 Å². The number of hydrogen-bond donors (Lipinski definition) is 0. The van der Waals surface area contributed by atoms with E-state index in [1.165, 1.54) is 43.9 Å². The van der Waals surface area contributed by atoms with Crippen LogP contribution in [0, 0.1) is 0 Å². The third-order valence-corrected chi connectivity index (χ3v) is 28.5. The Morgan fingerprint density at radius 2 is 0.630 bits per heavy atom. The molecule has 0 saturated carbocycles. The second-order valence-electron chi connectivity index (χ2n) is 36.5. The summed E-state index contributed by atoms with van der Waals surface area (Å²) in [6, 6.07) is 148. The maximum atomic E-state index is 6.45. The Kier molecular flexibility index (Phi) is 23.3. The molecule has 1 aliphatic rings. The van der Waals surface area contributed by atoms with E-state index in [9.17, 15) is 0 Å². The summed E-state index contributed by atoms with van der Waals surface area (Å²) < 4.78 is 8.52. The average molecular weight is 1980 g/mol. The van der Waals surface area contributed by atoms with Gasteiger partial charge in [0, 0.05) is 116 Å². The van der Waals surface area contributed by atoms with E-state index in [1.807, 2.05) is 127 Å². The van der Waals surface area contributed by atoms with Gasteiger partial charge in [-0.15, -0.1) is 0 Å². The van der Waals surface area contributed by atoms with Crippen molar-refractivity contribution in [1.82, 2.24) is 59.4 Å². The summed E-state index contributed by atoms with van der Waals surface area (Å²) in [5.41, 5.74) is 28.4. The van der Waals surface area contributed by atoms with Crippen LogP contribution in [0.4, 0.5) is 0 Å². The van der Waals surface area contributed by atoms with E-state index in [1.54, 1.807) is 12.4 Å². The van der Waals surface area contributed by atoms with Crippen LogP contribution in [0.25, 0.3) is 247 Å². The van der Waals surface area contributed by atoms with Crippen LogP contribution in [-0.2, 0) is 5.41 Å². The molecule has 13 nitrogen and oxygen atoms in total. The number of furan rings is 1. The summed E-state index contributed by atoms with van der Waals surface area (Å²) in [6.45, 7) is 4.59. The van der Waals surface area contributed by atoms with Crippen LogP contribution in [0.15, 0.2) is 448 Å². The van der Waals surface area contributed by atoms with Crippen LogP contribution >= 0.6 is 58.0 Å². The molecule has 18 heteroatoms. The molecule has 0 amide bonds. The van der Waals surface area contributed by atoms with E-state index in [0.717, 1.165) is 215 Å². The topological polar surface area (TPSA) is 160 Å². The third kappa shape index (κ3) is 16.5. The predicted molar refractivity (Wildman–Crippen MR) is 605 cm³/mol. The van der Waals surface area contributed by atoms with Gasteiger partial charge in [0.2, 0.25) is 26.4 Å². The number of halogens is 5. The zero-order valence-corrected chi connectivity index (χ0v) is 82.1. The highest BCUT2D eigenvalue weighted by atomic mass is 35.5. The van der Waals surface area contributed by atoms with Crippen molar-refractivity contribution in [3.8, 4) is 95.4 Å². The first-order valence-corrected chi connectivity index (χ1v) is 49.8. The van der Waals surface area contributed by atoms with Crippen molar-refractivity contribution in [3.05, 3.63) is 481 Å². The predicted octanol–water partition coefficient (Wildman–Crippen LogP) is 35.5. The molecule has 0 atom stereocenters. The fraction of sp³-hybridized carbons (Fsp3) is 0.0234. The largest absolute Gasteiger partial charge is 0.455 e. The minimum atomic E-state index is -0.0589. The number of hydrogen-bond acceptors (Lipinski definition) is 12. The van der Waals surface area contributed by atoms with Gasteiger partial charge in [-0.1, -0.05) is 335 Å². The SMILES string of the molecule is CC1(C)c2ccccc2-c2ccc(-c3nc(Cl)nc4ccc5ccccc5c34)cc21.Clc1nc(-c2cc(-c3ccccc3)cc(-c3ccccc3)c2)c2c(ccc3ccccc32)n1.Clc1nc(-c2ccc3c(c2)c2ccccc2n3-c2ccccc2)c2ccc3ccccc3c2n1.Clc1nc(-c2cccc3c2oc2ccccc23)c2ccc3ccccc3c2n1.Clc1nc(-c2cccnc2)c2ccc3ccccc3c2n1. The molecular formula is C128H79Cl5N12O. The van der Waals surface area contributed by atoms with E-state index >= 15 is 0 Å². The molecule has 20 aromatic carbocycles. The summed E-state index contributed by atoms with van der Waals surface area (Å²) in [6.07, 6.45) is 3.52. The Balaban J connectivity index is 0.0000000959. The second-order valence-corrected chi connectivity index (χ2v) is 38.2. The van der Waals surface area contributed by atoms with Crippen molar-refractivity contribution in [2.75, 3.05) is 0 Å². The first-order chi connectivity index (χ1) is 71.7. The number of pyridine rings is 1. The second kappa shape index (κ2) is 37.8. The maximum absolute atomic E-state index is 6.45. The molecule has 0 spiro atoms. The number of rotatable bonds is 8. The normalized spacial score (nSPS) is 12.0. The Hall–Kier alpha value is -17.4. The summed E-state index contributed by atoms with van der Waals surface area (Å²) in [5, 5.41) is 22.0. The van der Waals surface area contributed by atoms with E-state index in [4.69, 9.17) is 72.4 Å². The van der Waals surface area contributed by atoms with Crippen molar-refractivity contribution in [1.29, 1.82) is 0 Å². The molecule has 0 aliphatic heterocycles. The molecular weight excluding hydrogens is 1900 g/mol. The van der Waals surface area contributed by atoms with Crippen molar-refractivity contribution in [2.45, 2.75) is 19.3 Å². The highest BCUT2D eigenvalue weighted by Gasteiger charge is 2.36.